The Morgan fingerprint density at radius 3 is 2.33 bits per heavy atom. The molecule has 0 amide bonds. The van der Waals surface area contributed by atoms with Gasteiger partial charge >= 0.3 is 0 Å². The van der Waals surface area contributed by atoms with Gasteiger partial charge in [0.05, 0.1) is 0 Å². The lowest BCUT2D eigenvalue weighted by atomic mass is 9.98. The highest BCUT2D eigenvalue weighted by atomic mass is 19.2. The molecule has 2 aromatic carbocycles. The minimum atomic E-state index is -2.12. The average Bonchev–Trinajstić information content (AvgIpc) is 2.38. The number of phenols is 1. The molecule has 2 rings (SSSR count). The second-order valence-corrected chi connectivity index (χ2v) is 4.18. The Morgan fingerprint density at radius 1 is 1.00 bits per heavy atom. The van der Waals surface area contributed by atoms with Gasteiger partial charge < -0.3 is 5.11 Å². The standard InChI is InChI=1S/C14H13F3O/c15-8-12(17)11(16)7-10-5-1-3-9-4-2-6-13(18)14(9)10/h1-6,11-12,18H,7-8H2. The topological polar surface area (TPSA) is 20.2 Å². The summed E-state index contributed by atoms with van der Waals surface area (Å²) >= 11 is 0. The Hall–Kier alpha value is -1.71. The zero-order valence-corrected chi connectivity index (χ0v) is 9.61. The van der Waals surface area contributed by atoms with Crippen molar-refractivity contribution in [2.24, 2.45) is 0 Å². The molecule has 0 aliphatic rings. The summed E-state index contributed by atoms with van der Waals surface area (Å²) in [6.07, 6.45) is -4.27. The van der Waals surface area contributed by atoms with E-state index in [9.17, 15) is 18.3 Å². The molecule has 0 aliphatic carbocycles. The van der Waals surface area contributed by atoms with Crippen molar-refractivity contribution in [3.63, 3.8) is 0 Å². The molecule has 4 heteroatoms. The number of phenolic OH excluding ortho intramolecular Hbond substituents is 1. The molecule has 0 radical (unpaired) electrons. The molecule has 0 saturated carbocycles. The monoisotopic (exact) mass is 254 g/mol. The average molecular weight is 254 g/mol. The molecule has 0 aromatic heterocycles. The van der Waals surface area contributed by atoms with Gasteiger partial charge in [0.25, 0.3) is 0 Å². The fourth-order valence-corrected chi connectivity index (χ4v) is 2.00. The van der Waals surface area contributed by atoms with Crippen LogP contribution in [0.5, 0.6) is 5.75 Å². The Labute approximate surface area is 103 Å². The first-order valence-corrected chi connectivity index (χ1v) is 5.67. The summed E-state index contributed by atoms with van der Waals surface area (Å²) in [7, 11) is 0. The summed E-state index contributed by atoms with van der Waals surface area (Å²) in [6.45, 7) is -1.34. The number of aromatic hydroxyl groups is 1. The molecule has 0 heterocycles. The summed E-state index contributed by atoms with van der Waals surface area (Å²) in [6, 6.07) is 10.0. The molecule has 2 atom stereocenters. The van der Waals surface area contributed by atoms with Crippen LogP contribution in [0.15, 0.2) is 36.4 Å². The quantitative estimate of drug-likeness (QED) is 0.881. The molecule has 1 nitrogen and oxygen atoms in total. The van der Waals surface area contributed by atoms with Crippen molar-refractivity contribution in [2.75, 3.05) is 6.67 Å². The van der Waals surface area contributed by atoms with E-state index < -0.39 is 19.0 Å². The molecule has 1 N–H and O–H groups in total. The van der Waals surface area contributed by atoms with Gasteiger partial charge in [-0.1, -0.05) is 30.3 Å². The van der Waals surface area contributed by atoms with Gasteiger partial charge in [0.2, 0.25) is 0 Å². The van der Waals surface area contributed by atoms with Crippen molar-refractivity contribution in [3.8, 4) is 5.75 Å². The summed E-state index contributed by atoms with van der Waals surface area (Å²) in [4.78, 5) is 0. The molecule has 0 spiro atoms. The first-order chi connectivity index (χ1) is 8.63. The zero-order chi connectivity index (χ0) is 13.1. The lowest BCUT2D eigenvalue weighted by Crippen LogP contribution is -2.21. The molecule has 18 heavy (non-hydrogen) atoms. The number of alkyl halides is 3. The van der Waals surface area contributed by atoms with Crippen LogP contribution in [-0.2, 0) is 6.42 Å². The summed E-state index contributed by atoms with van der Waals surface area (Å²) in [5.74, 6) is 0.0194. The smallest absolute Gasteiger partial charge is 0.160 e. The van der Waals surface area contributed by atoms with Crippen molar-refractivity contribution in [1.29, 1.82) is 0 Å². The Kier molecular flexibility index (Phi) is 3.75. The van der Waals surface area contributed by atoms with E-state index in [0.29, 0.717) is 10.9 Å². The Balaban J connectivity index is 2.39. The van der Waals surface area contributed by atoms with E-state index in [4.69, 9.17) is 0 Å². The van der Waals surface area contributed by atoms with Crippen LogP contribution < -0.4 is 0 Å². The molecular weight excluding hydrogens is 241 g/mol. The number of hydrogen-bond donors (Lipinski definition) is 1. The molecule has 0 bridgehead atoms. The Morgan fingerprint density at radius 2 is 1.67 bits per heavy atom. The van der Waals surface area contributed by atoms with Gasteiger partial charge in [-0.15, -0.1) is 0 Å². The van der Waals surface area contributed by atoms with Crippen LogP contribution in [0.2, 0.25) is 0 Å². The van der Waals surface area contributed by atoms with Crippen LogP contribution in [0, 0.1) is 0 Å². The van der Waals surface area contributed by atoms with Gasteiger partial charge in [0.15, 0.2) is 6.17 Å². The second kappa shape index (κ2) is 5.29. The van der Waals surface area contributed by atoms with Crippen LogP contribution in [0.3, 0.4) is 0 Å². The molecule has 2 aromatic rings. The highest BCUT2D eigenvalue weighted by Crippen LogP contribution is 2.29. The molecule has 2 unspecified atom stereocenters. The fourth-order valence-electron chi connectivity index (χ4n) is 2.00. The van der Waals surface area contributed by atoms with E-state index in [-0.39, 0.29) is 12.2 Å². The van der Waals surface area contributed by atoms with Crippen molar-refractivity contribution in [2.45, 2.75) is 18.8 Å². The van der Waals surface area contributed by atoms with E-state index in [2.05, 4.69) is 0 Å². The predicted octanol–water partition coefficient (Wildman–Crippen LogP) is 3.73. The fraction of sp³-hybridized carbons (Fsp3) is 0.286. The van der Waals surface area contributed by atoms with Crippen LogP contribution in [0.4, 0.5) is 13.2 Å². The third-order valence-electron chi connectivity index (χ3n) is 2.92. The molecule has 0 fully saturated rings. The van der Waals surface area contributed by atoms with Gasteiger partial charge in [-0.2, -0.15) is 0 Å². The van der Waals surface area contributed by atoms with E-state index in [0.717, 1.165) is 5.39 Å². The van der Waals surface area contributed by atoms with Crippen molar-refractivity contribution in [1.82, 2.24) is 0 Å². The third kappa shape index (κ3) is 2.42. The molecular formula is C14H13F3O. The SMILES string of the molecule is Oc1cccc2cccc(CC(F)C(F)CF)c12. The second-order valence-electron chi connectivity index (χ2n) is 4.18. The minimum Gasteiger partial charge on any atom is -0.507 e. The van der Waals surface area contributed by atoms with E-state index in [1.807, 2.05) is 0 Å². The predicted molar refractivity (Wildman–Crippen MR) is 65.1 cm³/mol. The van der Waals surface area contributed by atoms with Crippen molar-refractivity contribution < 1.29 is 18.3 Å². The first kappa shape index (κ1) is 12.7. The molecule has 0 aliphatic heterocycles. The summed E-state index contributed by atoms with van der Waals surface area (Å²) in [5.41, 5.74) is 0.481. The van der Waals surface area contributed by atoms with Gasteiger partial charge in [-0.25, -0.2) is 13.2 Å². The van der Waals surface area contributed by atoms with E-state index in [1.165, 1.54) is 6.07 Å². The van der Waals surface area contributed by atoms with E-state index >= 15 is 0 Å². The van der Waals surface area contributed by atoms with E-state index in [1.54, 1.807) is 30.3 Å². The van der Waals surface area contributed by atoms with Gasteiger partial charge in [-0.05, 0) is 17.0 Å². The number of hydrogen-bond acceptors (Lipinski definition) is 1. The minimum absolute atomic E-state index is 0.0194. The Bertz CT molecular complexity index is 536. The lowest BCUT2D eigenvalue weighted by Gasteiger charge is -2.13. The maximum Gasteiger partial charge on any atom is 0.160 e. The van der Waals surface area contributed by atoms with Gasteiger partial charge in [0, 0.05) is 11.8 Å². The first-order valence-electron chi connectivity index (χ1n) is 5.67. The maximum absolute atomic E-state index is 13.4. The maximum atomic E-state index is 13.4. The number of fused-ring (bicyclic) bond motifs is 1. The zero-order valence-electron chi connectivity index (χ0n) is 9.61. The highest BCUT2D eigenvalue weighted by molar-refractivity contribution is 5.91. The number of rotatable bonds is 4. The van der Waals surface area contributed by atoms with Crippen molar-refractivity contribution in [3.05, 3.63) is 42.0 Å². The number of benzene rings is 2. The van der Waals surface area contributed by atoms with Crippen LogP contribution in [0.25, 0.3) is 10.8 Å². The van der Waals surface area contributed by atoms with Crippen LogP contribution in [0.1, 0.15) is 5.56 Å². The molecule has 0 saturated heterocycles. The van der Waals surface area contributed by atoms with Crippen molar-refractivity contribution >= 4 is 10.8 Å². The lowest BCUT2D eigenvalue weighted by molar-refractivity contribution is 0.137. The van der Waals surface area contributed by atoms with Gasteiger partial charge in [0.1, 0.15) is 18.6 Å². The van der Waals surface area contributed by atoms with Crippen LogP contribution in [-0.4, -0.2) is 24.1 Å². The highest BCUT2D eigenvalue weighted by Gasteiger charge is 2.21. The summed E-state index contributed by atoms with van der Waals surface area (Å²) in [5, 5.41) is 11.0. The molecule has 96 valence electrons. The number of halogens is 3. The third-order valence-corrected chi connectivity index (χ3v) is 2.92. The normalized spacial score (nSPS) is 14.6. The van der Waals surface area contributed by atoms with Crippen LogP contribution >= 0.6 is 0 Å². The summed E-state index contributed by atoms with van der Waals surface area (Å²) < 4.78 is 38.4. The largest absolute Gasteiger partial charge is 0.507 e. The van der Waals surface area contributed by atoms with Gasteiger partial charge in [-0.3, -0.25) is 0 Å².